The first-order valence-electron chi connectivity index (χ1n) is 9.45. The van der Waals surface area contributed by atoms with Gasteiger partial charge in [0.25, 0.3) is 5.91 Å². The second-order valence-corrected chi connectivity index (χ2v) is 7.85. The number of halogens is 1. The molecule has 1 fully saturated rings. The molecule has 5 nitrogen and oxygen atoms in total. The Labute approximate surface area is 156 Å². The van der Waals surface area contributed by atoms with Gasteiger partial charge in [0, 0.05) is 41.3 Å². The number of carbonyl (C=O) groups is 1. The Balaban J connectivity index is 1.52. The first-order chi connectivity index (χ1) is 13.1. The Kier molecular flexibility index (Phi) is 3.57. The molecule has 0 saturated carbocycles. The van der Waals surface area contributed by atoms with Crippen LogP contribution >= 0.6 is 0 Å². The summed E-state index contributed by atoms with van der Waals surface area (Å²) in [5.41, 5.74) is 4.34. The monoisotopic (exact) mass is 364 g/mol. The van der Waals surface area contributed by atoms with E-state index < -0.39 is 0 Å². The molecule has 3 aromatic rings. The lowest BCUT2D eigenvalue weighted by molar-refractivity contribution is 0.0634. The number of piperidine rings is 1. The van der Waals surface area contributed by atoms with Crippen molar-refractivity contribution < 1.29 is 9.18 Å². The van der Waals surface area contributed by atoms with Gasteiger partial charge in [-0.1, -0.05) is 0 Å². The van der Waals surface area contributed by atoms with Crippen LogP contribution in [-0.2, 0) is 11.8 Å². The number of hydrogen-bond acceptors (Lipinski definition) is 3. The number of nitrogens with zero attached hydrogens (tertiary/aromatic N) is 3. The smallest absolute Gasteiger partial charge is 0.254 e. The summed E-state index contributed by atoms with van der Waals surface area (Å²) < 4.78 is 13.6. The van der Waals surface area contributed by atoms with E-state index >= 15 is 0 Å². The number of H-pyrrole nitrogens is 1. The van der Waals surface area contributed by atoms with Crippen molar-refractivity contribution in [1.82, 2.24) is 20.1 Å². The number of benzene rings is 1. The topological polar surface area (TPSA) is 61.9 Å². The minimum atomic E-state index is -0.339. The van der Waals surface area contributed by atoms with Crippen LogP contribution in [0.25, 0.3) is 10.9 Å². The molecule has 0 radical (unpaired) electrons. The quantitative estimate of drug-likeness (QED) is 0.719. The minimum absolute atomic E-state index is 0.00384. The zero-order chi connectivity index (χ0) is 18.6. The van der Waals surface area contributed by atoms with Gasteiger partial charge in [-0.25, -0.2) is 4.39 Å². The van der Waals surface area contributed by atoms with Gasteiger partial charge in [-0.15, -0.1) is 0 Å². The fraction of sp³-hybridized carbons (Fsp3) is 0.381. The van der Waals surface area contributed by atoms with Crippen molar-refractivity contribution in [3.8, 4) is 0 Å². The van der Waals surface area contributed by atoms with E-state index in [1.165, 1.54) is 23.4 Å². The molecule has 1 N–H and O–H groups in total. The van der Waals surface area contributed by atoms with Gasteiger partial charge < -0.3 is 4.90 Å². The number of likely N-dealkylation sites (tertiary alicyclic amines) is 1. The lowest BCUT2D eigenvalue weighted by atomic mass is 9.77. The predicted octanol–water partition coefficient (Wildman–Crippen LogP) is 3.53. The van der Waals surface area contributed by atoms with Crippen LogP contribution in [0, 0.1) is 12.7 Å². The van der Waals surface area contributed by atoms with Crippen LogP contribution in [0.5, 0.6) is 0 Å². The largest absolute Gasteiger partial charge is 0.338 e. The number of aromatic amines is 1. The van der Waals surface area contributed by atoms with Crippen LogP contribution in [0.3, 0.4) is 0 Å². The van der Waals surface area contributed by atoms with Crippen LogP contribution < -0.4 is 0 Å². The molecule has 138 valence electrons. The van der Waals surface area contributed by atoms with E-state index in [0.29, 0.717) is 23.0 Å². The molecule has 6 heteroatoms. The van der Waals surface area contributed by atoms with Crippen LogP contribution in [0.4, 0.5) is 4.39 Å². The summed E-state index contributed by atoms with van der Waals surface area (Å²) in [6, 6.07) is 6.26. The lowest BCUT2D eigenvalue weighted by Crippen LogP contribution is -2.47. The second-order valence-electron chi connectivity index (χ2n) is 7.85. The number of carbonyl (C=O) groups excluding carboxylic acids is 1. The summed E-state index contributed by atoms with van der Waals surface area (Å²) in [4.78, 5) is 19.8. The van der Waals surface area contributed by atoms with E-state index in [4.69, 9.17) is 0 Å². The average molecular weight is 364 g/mol. The van der Waals surface area contributed by atoms with Gasteiger partial charge in [0.1, 0.15) is 5.82 Å². The highest BCUT2D eigenvalue weighted by molar-refractivity contribution is 6.06. The third-order valence-electron chi connectivity index (χ3n) is 6.12. The number of pyridine rings is 1. The maximum Gasteiger partial charge on any atom is 0.254 e. The number of rotatable bonds is 1. The fourth-order valence-corrected chi connectivity index (χ4v) is 4.85. The Bertz CT molecular complexity index is 1050. The summed E-state index contributed by atoms with van der Waals surface area (Å²) in [6.45, 7) is 3.28. The van der Waals surface area contributed by atoms with E-state index in [1.54, 1.807) is 6.07 Å². The van der Waals surface area contributed by atoms with E-state index in [1.807, 2.05) is 24.1 Å². The summed E-state index contributed by atoms with van der Waals surface area (Å²) in [6.07, 6.45) is 6.04. The number of aryl methyl sites for hydroxylation is 2. The highest BCUT2D eigenvalue weighted by Gasteiger charge is 2.44. The second kappa shape index (κ2) is 5.87. The molecule has 3 heterocycles. The first-order valence-corrected chi connectivity index (χ1v) is 9.45. The molecule has 0 bridgehead atoms. The number of aromatic nitrogens is 3. The normalized spacial score (nSPS) is 21.8. The van der Waals surface area contributed by atoms with Crippen LogP contribution in [0.2, 0.25) is 0 Å². The van der Waals surface area contributed by atoms with Crippen LogP contribution in [0.1, 0.15) is 46.6 Å². The molecule has 2 aliphatic rings. The van der Waals surface area contributed by atoms with Crippen molar-refractivity contribution in [3.05, 3.63) is 58.8 Å². The molecule has 27 heavy (non-hydrogen) atoms. The average Bonchev–Trinajstić information content (AvgIpc) is 3.25. The van der Waals surface area contributed by atoms with E-state index in [0.717, 1.165) is 37.9 Å². The summed E-state index contributed by atoms with van der Waals surface area (Å²) in [7, 11) is 0. The molecule has 1 aliphatic heterocycles. The highest BCUT2D eigenvalue weighted by atomic mass is 19.1. The minimum Gasteiger partial charge on any atom is -0.338 e. The molecule has 1 aliphatic carbocycles. The third kappa shape index (κ3) is 2.54. The summed E-state index contributed by atoms with van der Waals surface area (Å²) >= 11 is 0. The van der Waals surface area contributed by atoms with Gasteiger partial charge in [-0.05, 0) is 56.4 Å². The molecular weight excluding hydrogens is 343 g/mol. The van der Waals surface area contributed by atoms with Gasteiger partial charge in [-0.2, -0.15) is 5.10 Å². The van der Waals surface area contributed by atoms with Crippen molar-refractivity contribution in [2.24, 2.45) is 0 Å². The maximum absolute atomic E-state index is 13.6. The Hall–Kier alpha value is -2.76. The molecule has 1 saturated heterocycles. The van der Waals surface area contributed by atoms with E-state index in [9.17, 15) is 9.18 Å². The SMILES string of the molecule is Cc1cc(C(=O)N2CCCC3(CCc4cn[nH]c43)C2)c2ccc(F)cc2n1. The van der Waals surface area contributed by atoms with Gasteiger partial charge in [0.2, 0.25) is 0 Å². The lowest BCUT2D eigenvalue weighted by Gasteiger charge is -2.40. The van der Waals surface area contributed by atoms with Gasteiger partial charge >= 0.3 is 0 Å². The van der Waals surface area contributed by atoms with Crippen molar-refractivity contribution in [1.29, 1.82) is 0 Å². The third-order valence-corrected chi connectivity index (χ3v) is 6.12. The maximum atomic E-state index is 13.6. The Morgan fingerprint density at radius 1 is 1.30 bits per heavy atom. The molecule has 2 aromatic heterocycles. The first kappa shape index (κ1) is 16.4. The summed E-state index contributed by atoms with van der Waals surface area (Å²) in [5.74, 6) is -0.335. The standard InChI is InChI=1S/C21H21FN4O/c1-13-9-17(16-4-3-15(22)10-18(16)24-13)20(27)26-8-2-6-21(12-26)7-5-14-11-23-25-19(14)21/h3-4,9-11H,2,5-8,12H2,1H3,(H,23,25). The van der Waals surface area contributed by atoms with Crippen molar-refractivity contribution in [3.63, 3.8) is 0 Å². The highest BCUT2D eigenvalue weighted by Crippen LogP contribution is 2.44. The number of hydrogen-bond donors (Lipinski definition) is 1. The fourth-order valence-electron chi connectivity index (χ4n) is 4.85. The number of fused-ring (bicyclic) bond motifs is 3. The zero-order valence-electron chi connectivity index (χ0n) is 15.3. The van der Waals surface area contributed by atoms with Crippen molar-refractivity contribution >= 4 is 16.8 Å². The van der Waals surface area contributed by atoms with E-state index in [2.05, 4.69) is 15.2 Å². The van der Waals surface area contributed by atoms with Crippen LogP contribution in [-0.4, -0.2) is 39.1 Å². The molecule has 1 spiro atoms. The molecular formula is C21H21FN4O. The summed E-state index contributed by atoms with van der Waals surface area (Å²) in [5, 5.41) is 8.10. The van der Waals surface area contributed by atoms with Gasteiger partial charge in [0.15, 0.2) is 0 Å². The molecule has 5 rings (SSSR count). The van der Waals surface area contributed by atoms with Gasteiger partial charge in [-0.3, -0.25) is 14.9 Å². The molecule has 1 amide bonds. The molecule has 1 aromatic carbocycles. The Morgan fingerprint density at radius 2 is 2.19 bits per heavy atom. The number of amides is 1. The predicted molar refractivity (Wildman–Crippen MR) is 100 cm³/mol. The molecule has 1 unspecified atom stereocenters. The van der Waals surface area contributed by atoms with Gasteiger partial charge in [0.05, 0.1) is 17.3 Å². The zero-order valence-corrected chi connectivity index (χ0v) is 15.3. The van der Waals surface area contributed by atoms with Crippen LogP contribution in [0.15, 0.2) is 30.5 Å². The molecule has 1 atom stereocenters. The van der Waals surface area contributed by atoms with Crippen molar-refractivity contribution in [2.75, 3.05) is 13.1 Å². The van der Waals surface area contributed by atoms with Crippen molar-refractivity contribution in [2.45, 2.75) is 38.0 Å². The Morgan fingerprint density at radius 3 is 3.07 bits per heavy atom. The van der Waals surface area contributed by atoms with E-state index in [-0.39, 0.29) is 17.1 Å². The number of nitrogens with one attached hydrogen (secondary N) is 1.